The second-order valence-corrected chi connectivity index (χ2v) is 6.16. The largest absolute Gasteiger partial charge is 0.496 e. The molecule has 2 aromatic rings. The number of benzene rings is 1. The van der Waals surface area contributed by atoms with Gasteiger partial charge in [0.25, 0.3) is 0 Å². The summed E-state index contributed by atoms with van der Waals surface area (Å²) in [5.74, 6) is 1.62. The van der Waals surface area contributed by atoms with Gasteiger partial charge in [0, 0.05) is 11.0 Å². The lowest BCUT2D eigenvalue weighted by atomic mass is 9.95. The van der Waals surface area contributed by atoms with E-state index in [2.05, 4.69) is 46.7 Å². The lowest BCUT2D eigenvalue weighted by Gasteiger charge is -2.18. The van der Waals surface area contributed by atoms with Crippen molar-refractivity contribution in [2.75, 3.05) is 7.11 Å². The van der Waals surface area contributed by atoms with E-state index in [-0.39, 0.29) is 5.41 Å². The molecular weight excluding hydrogens is 304 g/mol. The molecule has 0 saturated carbocycles. The van der Waals surface area contributed by atoms with E-state index >= 15 is 0 Å². The van der Waals surface area contributed by atoms with Crippen LogP contribution in [0.3, 0.4) is 0 Å². The molecule has 2 rings (SSSR count). The van der Waals surface area contributed by atoms with Crippen molar-refractivity contribution < 1.29 is 4.74 Å². The molecule has 1 aromatic carbocycles. The average Bonchev–Trinajstić information content (AvgIpc) is 2.37. The van der Waals surface area contributed by atoms with Gasteiger partial charge in [-0.25, -0.2) is 9.97 Å². The molecule has 0 bridgehead atoms. The molecule has 0 spiro atoms. The molecule has 4 heteroatoms. The highest BCUT2D eigenvalue weighted by Crippen LogP contribution is 2.31. The van der Waals surface area contributed by atoms with Crippen LogP contribution in [0.15, 0.2) is 34.9 Å². The molecule has 0 fully saturated rings. The van der Waals surface area contributed by atoms with E-state index in [9.17, 15) is 0 Å². The number of ether oxygens (including phenoxy) is 1. The van der Waals surface area contributed by atoms with Crippen LogP contribution in [-0.2, 0) is 5.41 Å². The first-order valence-corrected chi connectivity index (χ1v) is 6.89. The Labute approximate surface area is 122 Å². The van der Waals surface area contributed by atoms with E-state index in [1.807, 2.05) is 30.3 Å². The molecule has 0 unspecified atom stereocenters. The Morgan fingerprint density at radius 1 is 1.11 bits per heavy atom. The van der Waals surface area contributed by atoms with Crippen molar-refractivity contribution in [1.29, 1.82) is 0 Å². The van der Waals surface area contributed by atoms with Crippen LogP contribution in [0.4, 0.5) is 0 Å². The minimum absolute atomic E-state index is 0.0967. The number of hydrogen-bond donors (Lipinski definition) is 0. The van der Waals surface area contributed by atoms with Gasteiger partial charge in [0.05, 0.1) is 12.8 Å². The highest BCUT2D eigenvalue weighted by molar-refractivity contribution is 9.10. The van der Waals surface area contributed by atoms with E-state index in [1.54, 1.807) is 7.11 Å². The quantitative estimate of drug-likeness (QED) is 0.777. The van der Waals surface area contributed by atoms with Crippen LogP contribution in [0.2, 0.25) is 0 Å². The highest BCUT2D eigenvalue weighted by atomic mass is 79.9. The SMILES string of the molecule is COc1ccccc1-c1cc(Br)nc(C(C)(C)C)n1. The number of halogens is 1. The van der Waals surface area contributed by atoms with E-state index in [1.165, 1.54) is 0 Å². The molecular formula is C15H17BrN2O. The molecule has 0 aliphatic carbocycles. The molecule has 1 heterocycles. The lowest BCUT2D eigenvalue weighted by molar-refractivity contribution is 0.416. The van der Waals surface area contributed by atoms with Gasteiger partial charge in [-0.2, -0.15) is 0 Å². The number of rotatable bonds is 2. The van der Waals surface area contributed by atoms with Crippen LogP contribution >= 0.6 is 15.9 Å². The van der Waals surface area contributed by atoms with Crippen LogP contribution < -0.4 is 4.74 Å². The summed E-state index contributed by atoms with van der Waals surface area (Å²) in [6.45, 7) is 6.29. The molecule has 0 aliphatic rings. The van der Waals surface area contributed by atoms with Gasteiger partial charge < -0.3 is 4.74 Å². The molecule has 0 aliphatic heterocycles. The number of hydrogen-bond acceptors (Lipinski definition) is 3. The fourth-order valence-electron chi connectivity index (χ4n) is 1.75. The van der Waals surface area contributed by atoms with Crippen molar-refractivity contribution in [2.24, 2.45) is 0 Å². The van der Waals surface area contributed by atoms with Crippen molar-refractivity contribution in [3.63, 3.8) is 0 Å². The predicted octanol–water partition coefficient (Wildman–Crippen LogP) is 4.21. The zero-order valence-corrected chi connectivity index (χ0v) is 13.2. The van der Waals surface area contributed by atoms with Gasteiger partial charge >= 0.3 is 0 Å². The maximum Gasteiger partial charge on any atom is 0.135 e. The first-order chi connectivity index (χ1) is 8.91. The van der Waals surface area contributed by atoms with Crippen molar-refractivity contribution in [2.45, 2.75) is 26.2 Å². The summed E-state index contributed by atoms with van der Waals surface area (Å²) in [4.78, 5) is 9.11. The summed E-state index contributed by atoms with van der Waals surface area (Å²) in [6.07, 6.45) is 0. The summed E-state index contributed by atoms with van der Waals surface area (Å²) in [6, 6.07) is 9.77. The van der Waals surface area contributed by atoms with E-state index in [0.29, 0.717) is 0 Å². The van der Waals surface area contributed by atoms with E-state index in [4.69, 9.17) is 4.74 Å². The Hall–Kier alpha value is -1.42. The molecule has 0 amide bonds. The minimum Gasteiger partial charge on any atom is -0.496 e. The fraction of sp³-hybridized carbons (Fsp3) is 0.333. The second-order valence-electron chi connectivity index (χ2n) is 5.35. The Balaban J connectivity index is 2.60. The van der Waals surface area contributed by atoms with Crippen LogP contribution in [0.1, 0.15) is 26.6 Å². The third-order valence-corrected chi connectivity index (χ3v) is 3.15. The number of nitrogens with zero attached hydrogens (tertiary/aromatic N) is 2. The summed E-state index contributed by atoms with van der Waals surface area (Å²) < 4.78 is 6.17. The molecule has 100 valence electrons. The number of para-hydroxylation sites is 1. The zero-order chi connectivity index (χ0) is 14.0. The van der Waals surface area contributed by atoms with Gasteiger partial charge in [0.15, 0.2) is 0 Å². The fourth-order valence-corrected chi connectivity index (χ4v) is 2.13. The molecule has 0 saturated heterocycles. The van der Waals surface area contributed by atoms with Gasteiger partial charge in [0.1, 0.15) is 16.2 Å². The summed E-state index contributed by atoms with van der Waals surface area (Å²) >= 11 is 3.46. The van der Waals surface area contributed by atoms with Gasteiger partial charge in [-0.1, -0.05) is 32.9 Å². The van der Waals surface area contributed by atoms with Crippen LogP contribution in [0, 0.1) is 0 Å². The predicted molar refractivity (Wildman–Crippen MR) is 80.4 cm³/mol. The molecule has 0 N–H and O–H groups in total. The summed E-state index contributed by atoms with van der Waals surface area (Å²) in [5, 5.41) is 0. The first kappa shape index (κ1) is 14.0. The topological polar surface area (TPSA) is 35.0 Å². The van der Waals surface area contributed by atoms with Crippen molar-refractivity contribution >= 4 is 15.9 Å². The van der Waals surface area contributed by atoms with Crippen molar-refractivity contribution in [1.82, 2.24) is 9.97 Å². The van der Waals surface area contributed by atoms with Gasteiger partial charge in [0.2, 0.25) is 0 Å². The van der Waals surface area contributed by atoms with E-state index < -0.39 is 0 Å². The Kier molecular flexibility index (Phi) is 3.90. The molecule has 19 heavy (non-hydrogen) atoms. The maximum atomic E-state index is 5.39. The first-order valence-electron chi connectivity index (χ1n) is 6.10. The Morgan fingerprint density at radius 2 is 1.79 bits per heavy atom. The molecule has 3 nitrogen and oxygen atoms in total. The standard InChI is InChI=1S/C15H17BrN2O/c1-15(2,3)14-17-11(9-13(16)18-14)10-7-5-6-8-12(10)19-4/h5-9H,1-4H3. The van der Waals surface area contributed by atoms with E-state index in [0.717, 1.165) is 27.4 Å². The summed E-state index contributed by atoms with van der Waals surface area (Å²) in [5.41, 5.74) is 1.74. The molecule has 1 aromatic heterocycles. The van der Waals surface area contributed by atoms with Crippen LogP contribution in [0.5, 0.6) is 5.75 Å². The monoisotopic (exact) mass is 320 g/mol. The maximum absolute atomic E-state index is 5.39. The van der Waals surface area contributed by atoms with Gasteiger partial charge in [-0.15, -0.1) is 0 Å². The molecule has 0 radical (unpaired) electrons. The average molecular weight is 321 g/mol. The second kappa shape index (κ2) is 5.29. The van der Waals surface area contributed by atoms with Gasteiger partial charge in [-0.3, -0.25) is 0 Å². The lowest BCUT2D eigenvalue weighted by Crippen LogP contribution is -2.16. The van der Waals surface area contributed by atoms with Gasteiger partial charge in [-0.05, 0) is 34.1 Å². The Morgan fingerprint density at radius 3 is 2.42 bits per heavy atom. The zero-order valence-electron chi connectivity index (χ0n) is 11.6. The normalized spacial score (nSPS) is 11.4. The van der Waals surface area contributed by atoms with Crippen LogP contribution in [0.25, 0.3) is 11.3 Å². The van der Waals surface area contributed by atoms with Crippen molar-refractivity contribution in [3.8, 4) is 17.0 Å². The Bertz CT molecular complexity index is 591. The molecule has 0 atom stereocenters. The minimum atomic E-state index is -0.0967. The summed E-state index contributed by atoms with van der Waals surface area (Å²) in [7, 11) is 1.67. The third kappa shape index (κ3) is 3.13. The highest BCUT2D eigenvalue weighted by Gasteiger charge is 2.19. The smallest absolute Gasteiger partial charge is 0.135 e. The van der Waals surface area contributed by atoms with Crippen LogP contribution in [-0.4, -0.2) is 17.1 Å². The number of methoxy groups -OCH3 is 1. The van der Waals surface area contributed by atoms with Crippen molar-refractivity contribution in [3.05, 3.63) is 40.8 Å². The number of aromatic nitrogens is 2. The third-order valence-electron chi connectivity index (χ3n) is 2.75.